The first-order valence-corrected chi connectivity index (χ1v) is 13.4. The van der Waals surface area contributed by atoms with Gasteiger partial charge in [-0.25, -0.2) is 9.97 Å². The quantitative estimate of drug-likeness (QED) is 0.333. The number of amides is 1. The summed E-state index contributed by atoms with van der Waals surface area (Å²) in [5.74, 6) is 1.15. The van der Waals surface area contributed by atoms with Crippen molar-refractivity contribution in [2.75, 3.05) is 31.1 Å². The summed E-state index contributed by atoms with van der Waals surface area (Å²) in [6, 6.07) is 13.2. The molecular weight excluding hydrogens is 535 g/mol. The molecule has 0 bridgehead atoms. The van der Waals surface area contributed by atoms with Crippen molar-refractivity contribution < 1.29 is 22.4 Å². The number of hydrogen-bond acceptors (Lipinski definition) is 6. The Labute approximate surface area is 234 Å². The summed E-state index contributed by atoms with van der Waals surface area (Å²) < 4.78 is 47.7. The number of benzene rings is 1. The molecule has 4 heterocycles. The molecule has 1 amide bonds. The van der Waals surface area contributed by atoms with E-state index in [1.54, 1.807) is 42.1 Å². The minimum absolute atomic E-state index is 0.0640. The molecule has 8 nitrogen and oxygen atoms in total. The van der Waals surface area contributed by atoms with Gasteiger partial charge < -0.3 is 18.8 Å². The molecular formula is C30H28F3N5O3. The number of alkyl halides is 3. The number of pyridine rings is 2. The van der Waals surface area contributed by atoms with Gasteiger partial charge >= 0.3 is 6.18 Å². The maximum absolute atomic E-state index is 13.5. The third kappa shape index (κ3) is 5.23. The highest BCUT2D eigenvalue weighted by Crippen LogP contribution is 2.58. The second-order valence-electron chi connectivity index (χ2n) is 10.6. The SMILES string of the molecule is CC(=O)N1CCN(c2cc(Cn3cc(-c4nc(-c5ccc(C6(C(F)(F)F)CC6)cc5)co4)ccc3=O)ccn2)CC1. The van der Waals surface area contributed by atoms with Crippen LogP contribution in [0.15, 0.2) is 76.4 Å². The lowest BCUT2D eigenvalue weighted by Gasteiger charge is -2.35. The monoisotopic (exact) mass is 563 g/mol. The second-order valence-corrected chi connectivity index (χ2v) is 10.6. The van der Waals surface area contributed by atoms with Crippen molar-refractivity contribution in [2.45, 2.75) is 37.9 Å². The Hall–Kier alpha value is -4.41. The van der Waals surface area contributed by atoms with Gasteiger partial charge in [-0.3, -0.25) is 9.59 Å². The first-order valence-electron chi connectivity index (χ1n) is 13.4. The fraction of sp³-hybridized carbons (Fsp3) is 0.333. The summed E-state index contributed by atoms with van der Waals surface area (Å²) in [7, 11) is 0. The summed E-state index contributed by atoms with van der Waals surface area (Å²) >= 11 is 0. The first-order chi connectivity index (χ1) is 19.6. The summed E-state index contributed by atoms with van der Waals surface area (Å²) in [5, 5.41) is 0. The van der Waals surface area contributed by atoms with Crippen molar-refractivity contribution in [1.82, 2.24) is 19.4 Å². The molecule has 0 unspecified atom stereocenters. The minimum Gasteiger partial charge on any atom is -0.444 e. The van der Waals surface area contributed by atoms with Crippen LogP contribution in [0.2, 0.25) is 0 Å². The number of hydrogen-bond donors (Lipinski definition) is 0. The van der Waals surface area contributed by atoms with Crippen molar-refractivity contribution >= 4 is 11.7 Å². The van der Waals surface area contributed by atoms with Crippen molar-refractivity contribution in [3.05, 3.63) is 88.7 Å². The van der Waals surface area contributed by atoms with Crippen molar-refractivity contribution in [3.8, 4) is 22.7 Å². The molecule has 1 aliphatic heterocycles. The Morgan fingerprint density at radius 1 is 1.00 bits per heavy atom. The van der Waals surface area contributed by atoms with Crippen molar-refractivity contribution in [3.63, 3.8) is 0 Å². The fourth-order valence-corrected chi connectivity index (χ4v) is 5.32. The zero-order valence-corrected chi connectivity index (χ0v) is 22.4. The van der Waals surface area contributed by atoms with Crippen LogP contribution in [0.3, 0.4) is 0 Å². The van der Waals surface area contributed by atoms with E-state index < -0.39 is 11.6 Å². The smallest absolute Gasteiger partial charge is 0.398 e. The third-order valence-corrected chi connectivity index (χ3v) is 7.97. The average Bonchev–Trinajstić information content (AvgIpc) is 3.66. The van der Waals surface area contributed by atoms with Crippen LogP contribution >= 0.6 is 0 Å². The number of rotatable bonds is 6. The van der Waals surface area contributed by atoms with Gasteiger partial charge in [-0.15, -0.1) is 0 Å². The highest BCUT2D eigenvalue weighted by atomic mass is 19.4. The lowest BCUT2D eigenvalue weighted by Crippen LogP contribution is -2.48. The van der Waals surface area contributed by atoms with Crippen LogP contribution in [0.1, 0.15) is 30.9 Å². The van der Waals surface area contributed by atoms with Gasteiger partial charge in [0.2, 0.25) is 11.8 Å². The first kappa shape index (κ1) is 26.8. The molecule has 2 aliphatic rings. The maximum Gasteiger partial charge on any atom is 0.398 e. The molecule has 3 aromatic heterocycles. The van der Waals surface area contributed by atoms with Gasteiger partial charge in [-0.1, -0.05) is 24.3 Å². The molecule has 0 radical (unpaired) electrons. The van der Waals surface area contributed by atoms with E-state index in [0.717, 1.165) is 11.4 Å². The molecule has 1 aromatic carbocycles. The van der Waals surface area contributed by atoms with Gasteiger partial charge in [0.15, 0.2) is 0 Å². The van der Waals surface area contributed by atoms with Gasteiger partial charge in [0, 0.05) is 57.1 Å². The number of halogens is 3. The molecule has 0 N–H and O–H groups in total. The Bertz CT molecular complexity index is 1630. The Kier molecular flexibility index (Phi) is 6.67. The Morgan fingerprint density at radius 2 is 1.71 bits per heavy atom. The number of anilines is 1. The predicted molar refractivity (Wildman–Crippen MR) is 146 cm³/mol. The standard InChI is InChI=1S/C30H28F3N5O3/c1-20(39)36-12-14-37(15-13-36)26-16-21(8-11-34-26)17-38-18-23(4-7-27(38)40)28-35-25(19-41-28)22-2-5-24(6-3-22)29(9-10-29)30(31,32)33/h2-8,11,16,18-19H,9-10,12-15,17H2,1H3. The number of nitrogens with zero attached hydrogens (tertiary/aromatic N) is 5. The van der Waals surface area contributed by atoms with E-state index in [4.69, 9.17) is 4.42 Å². The zero-order chi connectivity index (χ0) is 28.8. The number of carbonyl (C=O) groups excluding carboxylic acids is 1. The van der Waals surface area contributed by atoms with Gasteiger partial charge in [-0.2, -0.15) is 13.2 Å². The molecule has 212 valence electrons. The molecule has 6 rings (SSSR count). The van der Waals surface area contributed by atoms with E-state index in [9.17, 15) is 22.8 Å². The molecule has 1 aliphatic carbocycles. The van der Waals surface area contributed by atoms with Crippen molar-refractivity contribution in [2.24, 2.45) is 0 Å². The van der Waals surface area contributed by atoms with E-state index in [-0.39, 0.29) is 29.9 Å². The van der Waals surface area contributed by atoms with Crippen molar-refractivity contribution in [1.29, 1.82) is 0 Å². The van der Waals surface area contributed by atoms with Crippen LogP contribution in [0.25, 0.3) is 22.7 Å². The van der Waals surface area contributed by atoms with Gasteiger partial charge in [-0.05, 0) is 42.2 Å². The van der Waals surface area contributed by atoms with Crippen LogP contribution in [0, 0.1) is 0 Å². The van der Waals surface area contributed by atoms with Gasteiger partial charge in [0.25, 0.3) is 5.56 Å². The summed E-state index contributed by atoms with van der Waals surface area (Å²) in [6.07, 6.45) is 0.798. The summed E-state index contributed by atoms with van der Waals surface area (Å²) in [4.78, 5) is 37.2. The molecule has 2 fully saturated rings. The van der Waals surface area contributed by atoms with Crippen LogP contribution in [-0.4, -0.2) is 57.7 Å². The maximum atomic E-state index is 13.5. The van der Waals surface area contributed by atoms with E-state index in [1.807, 2.05) is 17.0 Å². The number of aromatic nitrogens is 3. The zero-order valence-electron chi connectivity index (χ0n) is 22.4. The van der Waals surface area contributed by atoms with E-state index >= 15 is 0 Å². The number of piperazine rings is 1. The highest BCUT2D eigenvalue weighted by molar-refractivity contribution is 5.73. The molecule has 1 saturated heterocycles. The molecule has 11 heteroatoms. The normalized spacial score (nSPS) is 16.6. The van der Waals surface area contributed by atoms with E-state index in [2.05, 4.69) is 14.9 Å². The summed E-state index contributed by atoms with van der Waals surface area (Å²) in [5.41, 5.74) is 0.965. The largest absolute Gasteiger partial charge is 0.444 e. The minimum atomic E-state index is -4.26. The third-order valence-electron chi connectivity index (χ3n) is 7.97. The lowest BCUT2D eigenvalue weighted by molar-refractivity contribution is -0.160. The van der Waals surface area contributed by atoms with Gasteiger partial charge in [0.05, 0.1) is 17.5 Å². The molecule has 1 saturated carbocycles. The Morgan fingerprint density at radius 3 is 2.37 bits per heavy atom. The fourth-order valence-electron chi connectivity index (χ4n) is 5.32. The molecule has 4 aromatic rings. The topological polar surface area (TPSA) is 84.5 Å². The Balaban J connectivity index is 1.18. The molecule has 0 atom stereocenters. The summed E-state index contributed by atoms with van der Waals surface area (Å²) in [6.45, 7) is 4.53. The lowest BCUT2D eigenvalue weighted by atomic mass is 9.94. The van der Waals surface area contributed by atoms with Crippen LogP contribution in [0.4, 0.5) is 19.0 Å². The predicted octanol–water partition coefficient (Wildman–Crippen LogP) is 4.88. The van der Waals surface area contributed by atoms with Crippen LogP contribution in [-0.2, 0) is 16.8 Å². The van der Waals surface area contributed by atoms with Gasteiger partial charge in [0.1, 0.15) is 17.8 Å². The van der Waals surface area contributed by atoms with Crippen LogP contribution in [0.5, 0.6) is 0 Å². The van der Waals surface area contributed by atoms with E-state index in [1.165, 1.54) is 24.5 Å². The average molecular weight is 564 g/mol. The van der Waals surface area contributed by atoms with Crippen LogP contribution < -0.4 is 10.5 Å². The second kappa shape index (κ2) is 10.2. The molecule has 0 spiro atoms. The molecule has 41 heavy (non-hydrogen) atoms. The van der Waals surface area contributed by atoms with E-state index in [0.29, 0.717) is 55.4 Å². The number of oxazole rings is 1. The number of carbonyl (C=O) groups is 1. The highest BCUT2D eigenvalue weighted by Gasteiger charge is 2.64.